The lowest BCUT2D eigenvalue weighted by Crippen LogP contribution is -2.36. The van der Waals surface area contributed by atoms with Crippen LogP contribution in [0.4, 0.5) is 0 Å². The van der Waals surface area contributed by atoms with Crippen LogP contribution in [0.5, 0.6) is 5.75 Å². The summed E-state index contributed by atoms with van der Waals surface area (Å²) in [5, 5.41) is 9.14. The number of phenolic OH excluding ortho intramolecular Hbond substituents is 1. The van der Waals surface area contributed by atoms with Gasteiger partial charge < -0.3 is 9.84 Å². The number of carbonyl (C=O) groups excluding carboxylic acids is 2. The van der Waals surface area contributed by atoms with Crippen LogP contribution in [0.1, 0.15) is 12.5 Å². The van der Waals surface area contributed by atoms with Gasteiger partial charge >= 0.3 is 5.97 Å². The highest BCUT2D eigenvalue weighted by molar-refractivity contribution is 5.81. The summed E-state index contributed by atoms with van der Waals surface area (Å²) >= 11 is 0. The van der Waals surface area contributed by atoms with E-state index in [0.717, 1.165) is 5.56 Å². The molecule has 17 heavy (non-hydrogen) atoms. The van der Waals surface area contributed by atoms with Crippen LogP contribution in [-0.2, 0) is 20.7 Å². The second kappa shape index (κ2) is 5.27. The number of isocyanates is 1. The van der Waals surface area contributed by atoms with Crippen molar-refractivity contribution < 1.29 is 19.4 Å². The smallest absolute Gasteiger partial charge is 0.334 e. The van der Waals surface area contributed by atoms with Gasteiger partial charge in [-0.3, -0.25) is 0 Å². The zero-order valence-corrected chi connectivity index (χ0v) is 9.64. The highest BCUT2D eigenvalue weighted by Gasteiger charge is 2.34. The molecule has 1 N–H and O–H groups in total. The molecule has 0 fully saturated rings. The lowest BCUT2D eigenvalue weighted by Gasteiger charge is -2.20. The maximum atomic E-state index is 11.6. The normalized spacial score (nSPS) is 13.3. The van der Waals surface area contributed by atoms with E-state index in [1.54, 1.807) is 12.1 Å². The molecule has 1 unspecified atom stereocenters. The van der Waals surface area contributed by atoms with Crippen LogP contribution in [0, 0.1) is 0 Å². The average molecular weight is 235 g/mol. The van der Waals surface area contributed by atoms with Crippen molar-refractivity contribution in [1.82, 2.24) is 0 Å². The molecule has 0 heterocycles. The third-order valence-electron chi connectivity index (χ3n) is 2.40. The lowest BCUT2D eigenvalue weighted by molar-refractivity contribution is -0.146. The summed E-state index contributed by atoms with van der Waals surface area (Å²) in [7, 11) is 1.23. The van der Waals surface area contributed by atoms with E-state index in [1.807, 2.05) is 0 Å². The number of nitrogens with zero attached hydrogens (tertiary/aromatic N) is 1. The molecule has 0 aliphatic rings. The van der Waals surface area contributed by atoms with E-state index in [4.69, 9.17) is 5.11 Å². The van der Waals surface area contributed by atoms with E-state index >= 15 is 0 Å². The molecule has 0 aliphatic heterocycles. The van der Waals surface area contributed by atoms with E-state index in [-0.39, 0.29) is 12.2 Å². The van der Waals surface area contributed by atoms with Crippen LogP contribution < -0.4 is 0 Å². The van der Waals surface area contributed by atoms with Crippen molar-refractivity contribution in [3.05, 3.63) is 29.8 Å². The van der Waals surface area contributed by atoms with Gasteiger partial charge in [0.25, 0.3) is 0 Å². The van der Waals surface area contributed by atoms with Crippen molar-refractivity contribution in [1.29, 1.82) is 0 Å². The fourth-order valence-corrected chi connectivity index (χ4v) is 1.49. The number of aromatic hydroxyl groups is 1. The highest BCUT2D eigenvalue weighted by atomic mass is 16.5. The molecule has 5 heteroatoms. The molecule has 1 rings (SSSR count). The molecular formula is C12H13NO4. The standard InChI is InChI=1S/C12H13NO4/c1-12(13-8-14,11(16)17-2)7-9-3-5-10(15)6-4-9/h3-6,15H,7H2,1-2H3. The van der Waals surface area contributed by atoms with Gasteiger partial charge in [-0.1, -0.05) is 12.1 Å². The Bertz CT molecular complexity index is 448. The molecule has 0 bridgehead atoms. The largest absolute Gasteiger partial charge is 0.508 e. The third-order valence-corrected chi connectivity index (χ3v) is 2.40. The summed E-state index contributed by atoms with van der Waals surface area (Å²) in [6.07, 6.45) is 1.58. The Morgan fingerprint density at radius 2 is 2.06 bits per heavy atom. The van der Waals surface area contributed by atoms with Crippen molar-refractivity contribution in [2.45, 2.75) is 18.9 Å². The van der Waals surface area contributed by atoms with Gasteiger partial charge in [0, 0.05) is 6.42 Å². The number of ether oxygens (including phenoxy) is 1. The van der Waals surface area contributed by atoms with Gasteiger partial charge in [0.1, 0.15) is 5.75 Å². The van der Waals surface area contributed by atoms with Crippen molar-refractivity contribution in [2.24, 2.45) is 4.99 Å². The molecule has 0 saturated carbocycles. The van der Waals surface area contributed by atoms with Crippen LogP contribution >= 0.6 is 0 Å². The Morgan fingerprint density at radius 1 is 1.47 bits per heavy atom. The van der Waals surface area contributed by atoms with Gasteiger partial charge in [0.2, 0.25) is 6.08 Å². The number of hydrogen-bond donors (Lipinski definition) is 1. The number of rotatable bonds is 4. The number of esters is 1. The van der Waals surface area contributed by atoms with E-state index in [0.29, 0.717) is 0 Å². The van der Waals surface area contributed by atoms with Gasteiger partial charge in [-0.15, -0.1) is 0 Å². The summed E-state index contributed by atoms with van der Waals surface area (Å²) in [5.74, 6) is -0.471. The number of aliphatic imine (C=N–C) groups is 1. The van der Waals surface area contributed by atoms with Crippen LogP contribution in [0.15, 0.2) is 29.3 Å². The summed E-state index contributed by atoms with van der Waals surface area (Å²) < 4.78 is 4.60. The highest BCUT2D eigenvalue weighted by Crippen LogP contribution is 2.20. The first kappa shape index (κ1) is 12.9. The predicted molar refractivity (Wildman–Crippen MR) is 60.4 cm³/mol. The SMILES string of the molecule is COC(=O)C(C)(Cc1ccc(O)cc1)N=C=O. The van der Waals surface area contributed by atoms with Crippen LogP contribution in [0.25, 0.3) is 0 Å². The minimum absolute atomic E-state index is 0.132. The van der Waals surface area contributed by atoms with Gasteiger partial charge in [-0.25, -0.2) is 9.59 Å². The molecular weight excluding hydrogens is 222 g/mol. The number of phenols is 1. The quantitative estimate of drug-likeness (QED) is 0.483. The second-order valence-corrected chi connectivity index (χ2v) is 3.81. The van der Waals surface area contributed by atoms with Crippen LogP contribution in [0.3, 0.4) is 0 Å². The van der Waals surface area contributed by atoms with Gasteiger partial charge in [0.15, 0.2) is 5.54 Å². The summed E-state index contributed by atoms with van der Waals surface area (Å²) in [5.41, 5.74) is -0.525. The second-order valence-electron chi connectivity index (χ2n) is 3.81. The Hall–Kier alpha value is -2.13. The zero-order chi connectivity index (χ0) is 12.9. The minimum Gasteiger partial charge on any atom is -0.508 e. The average Bonchev–Trinajstić information content (AvgIpc) is 2.31. The van der Waals surface area contributed by atoms with E-state index in [2.05, 4.69) is 9.73 Å². The number of hydrogen-bond acceptors (Lipinski definition) is 5. The maximum Gasteiger partial charge on any atom is 0.334 e. The van der Waals surface area contributed by atoms with Crippen LogP contribution in [0.2, 0.25) is 0 Å². The summed E-state index contributed by atoms with van der Waals surface area (Å²) in [6.45, 7) is 1.50. The molecule has 5 nitrogen and oxygen atoms in total. The Labute approximate surface area is 98.7 Å². The first-order valence-corrected chi connectivity index (χ1v) is 4.97. The van der Waals surface area contributed by atoms with Gasteiger partial charge in [-0.05, 0) is 24.6 Å². The molecule has 0 spiro atoms. The topological polar surface area (TPSA) is 76.0 Å². The minimum atomic E-state index is -1.28. The third kappa shape index (κ3) is 3.16. The number of carbonyl (C=O) groups is 1. The summed E-state index contributed by atoms with van der Waals surface area (Å²) in [6, 6.07) is 6.29. The predicted octanol–water partition coefficient (Wildman–Crippen LogP) is 1.20. The number of methoxy groups -OCH3 is 1. The van der Waals surface area contributed by atoms with E-state index in [9.17, 15) is 9.59 Å². The molecule has 1 aromatic rings. The summed E-state index contributed by atoms with van der Waals surface area (Å²) in [4.78, 5) is 25.4. The Kier molecular flexibility index (Phi) is 4.01. The molecule has 0 aromatic heterocycles. The fourth-order valence-electron chi connectivity index (χ4n) is 1.49. The maximum absolute atomic E-state index is 11.6. The molecule has 90 valence electrons. The molecule has 0 saturated heterocycles. The van der Waals surface area contributed by atoms with Gasteiger partial charge in [-0.2, -0.15) is 4.99 Å². The first-order valence-electron chi connectivity index (χ1n) is 4.97. The molecule has 0 aliphatic carbocycles. The van der Waals surface area contributed by atoms with Gasteiger partial charge in [0.05, 0.1) is 7.11 Å². The monoisotopic (exact) mass is 235 g/mol. The molecule has 0 amide bonds. The molecule has 0 radical (unpaired) electrons. The fraction of sp³-hybridized carbons (Fsp3) is 0.333. The van der Waals surface area contributed by atoms with Crippen molar-refractivity contribution in [2.75, 3.05) is 7.11 Å². The van der Waals surface area contributed by atoms with Crippen molar-refractivity contribution >= 4 is 12.0 Å². The Morgan fingerprint density at radius 3 is 2.53 bits per heavy atom. The van der Waals surface area contributed by atoms with Crippen LogP contribution in [-0.4, -0.2) is 29.8 Å². The van der Waals surface area contributed by atoms with Crippen molar-refractivity contribution in [3.8, 4) is 5.75 Å². The zero-order valence-electron chi connectivity index (χ0n) is 9.64. The van der Waals surface area contributed by atoms with E-state index in [1.165, 1.54) is 32.2 Å². The molecule has 1 aromatic carbocycles. The Balaban J connectivity index is 2.98. The van der Waals surface area contributed by atoms with E-state index < -0.39 is 11.5 Å². The molecule has 1 atom stereocenters. The first-order chi connectivity index (χ1) is 8.01. The lowest BCUT2D eigenvalue weighted by atomic mass is 9.93. The van der Waals surface area contributed by atoms with Crippen molar-refractivity contribution in [3.63, 3.8) is 0 Å². The number of benzene rings is 1.